The highest BCUT2D eigenvalue weighted by molar-refractivity contribution is 7.99. The summed E-state index contributed by atoms with van der Waals surface area (Å²) in [4.78, 5) is 75.4. The van der Waals surface area contributed by atoms with Gasteiger partial charge in [0.1, 0.15) is 41.2 Å². The summed E-state index contributed by atoms with van der Waals surface area (Å²) in [5, 5.41) is 7.84. The number of piperidine rings is 2. The number of likely N-dealkylation sites (tertiary alicyclic amines) is 1. The third kappa shape index (κ3) is 8.40. The number of para-hydroxylation sites is 1. The number of thioether (sulfide) groups is 1. The number of benzene rings is 3. The highest BCUT2D eigenvalue weighted by Crippen LogP contribution is 2.36. The molecule has 0 saturated carbocycles. The summed E-state index contributed by atoms with van der Waals surface area (Å²) in [6.07, 6.45) is 7.95. The van der Waals surface area contributed by atoms with Gasteiger partial charge in [-0.3, -0.25) is 34.2 Å². The molecule has 8 rings (SSSR count). The first-order chi connectivity index (χ1) is 28.7. The number of halogens is 1. The summed E-state index contributed by atoms with van der Waals surface area (Å²) in [5.41, 5.74) is 8.15. The van der Waals surface area contributed by atoms with Gasteiger partial charge in [0, 0.05) is 36.4 Å². The molecule has 2 fully saturated rings. The van der Waals surface area contributed by atoms with E-state index in [1.165, 1.54) is 30.2 Å². The van der Waals surface area contributed by atoms with Crippen LogP contribution in [0.1, 0.15) is 91.0 Å². The Kier molecular flexibility index (Phi) is 11.7. The first-order valence-corrected chi connectivity index (χ1v) is 20.9. The number of nitrogen functional groups attached to an aromatic ring is 1. The molecule has 5 aromatic rings. The van der Waals surface area contributed by atoms with Gasteiger partial charge in [0.25, 0.3) is 11.8 Å². The van der Waals surface area contributed by atoms with E-state index in [-0.39, 0.29) is 35.9 Å². The van der Waals surface area contributed by atoms with Crippen molar-refractivity contribution in [2.75, 3.05) is 24.6 Å². The van der Waals surface area contributed by atoms with Gasteiger partial charge in [0.05, 0.1) is 22.6 Å². The monoisotopic (exact) mass is 818 g/mol. The number of nitrogens with one attached hydrogen (secondary N) is 1. The highest BCUT2D eigenvalue weighted by atomic mass is 32.2. The normalized spacial score (nSPS) is 18.1. The molecule has 5 heterocycles. The van der Waals surface area contributed by atoms with E-state index in [2.05, 4.69) is 15.3 Å². The minimum atomic E-state index is -1.15. The maximum absolute atomic E-state index is 15.1. The molecule has 59 heavy (non-hydrogen) atoms. The number of ether oxygens (including phenoxy) is 1. The van der Waals surface area contributed by atoms with Gasteiger partial charge < -0.3 is 15.4 Å². The Morgan fingerprint density at radius 1 is 0.915 bits per heavy atom. The second kappa shape index (κ2) is 17.4. The molecule has 3 N–H and O–H groups in total. The number of hydrogen-bond acceptors (Lipinski definition) is 11. The summed E-state index contributed by atoms with van der Waals surface area (Å²) in [6, 6.07) is 18.8. The largest absolute Gasteiger partial charge is 0.457 e. The lowest BCUT2D eigenvalue weighted by molar-refractivity contribution is -0.136. The summed E-state index contributed by atoms with van der Waals surface area (Å²) in [6.45, 7) is 1.22. The van der Waals surface area contributed by atoms with Crippen molar-refractivity contribution in [3.63, 3.8) is 0 Å². The predicted molar refractivity (Wildman–Crippen MR) is 218 cm³/mol. The Labute approximate surface area is 343 Å². The molecule has 0 bridgehead atoms. The third-order valence-electron chi connectivity index (χ3n) is 11.0. The average Bonchev–Trinajstić information content (AvgIpc) is 3.75. The summed E-state index contributed by atoms with van der Waals surface area (Å²) in [5.74, 6) is -1.02. The van der Waals surface area contributed by atoms with Crippen molar-refractivity contribution in [3.05, 3.63) is 90.0 Å². The van der Waals surface area contributed by atoms with Crippen molar-refractivity contribution >= 4 is 58.1 Å². The van der Waals surface area contributed by atoms with Crippen LogP contribution >= 0.6 is 11.8 Å². The molecule has 14 nitrogen and oxygen atoms in total. The molecule has 2 atom stereocenters. The Morgan fingerprint density at radius 3 is 2.47 bits per heavy atom. The minimum absolute atomic E-state index is 0.00728. The minimum Gasteiger partial charge on any atom is -0.457 e. The lowest BCUT2D eigenvalue weighted by atomic mass is 10.0. The first-order valence-electron chi connectivity index (χ1n) is 19.9. The zero-order valence-electron chi connectivity index (χ0n) is 32.3. The quantitative estimate of drug-likeness (QED) is 0.0691. The topological polar surface area (TPSA) is 183 Å². The average molecular weight is 819 g/mol. The maximum Gasteiger partial charge on any atom is 0.265 e. The standard InChI is InChI=1S/C43H43FN8O6S/c44-32-23-30(22-31-36(32)43(57)51(42(31)56)33-18-19-34(53)48-41(33)55)59-21-8-3-1-2-7-13-35(54)50-20-9-10-27(24-50)52-40-37(39(45)46-25-47-40)38(49-52)26-14-16-29(17-15-26)58-28-11-5-4-6-12-28/h4-6,11-12,14-17,22-23,25,27,33H,1-3,7-10,13,18-21,24H2,(H2,45,46,47)(H,48,53,55). The zero-order valence-corrected chi connectivity index (χ0v) is 33.1. The highest BCUT2D eigenvalue weighted by Gasteiger charge is 2.46. The number of amides is 5. The van der Waals surface area contributed by atoms with Crippen LogP contribution in [0, 0.1) is 5.82 Å². The molecule has 304 valence electrons. The van der Waals surface area contributed by atoms with Crippen LogP contribution in [0.3, 0.4) is 0 Å². The molecule has 16 heteroatoms. The van der Waals surface area contributed by atoms with E-state index in [4.69, 9.17) is 15.6 Å². The van der Waals surface area contributed by atoms with Crippen LogP contribution in [0.4, 0.5) is 10.2 Å². The Bertz CT molecular complexity index is 2430. The summed E-state index contributed by atoms with van der Waals surface area (Å²) in [7, 11) is 0. The van der Waals surface area contributed by atoms with Crippen molar-refractivity contribution in [2.24, 2.45) is 0 Å². The second-order valence-corrected chi connectivity index (χ2v) is 16.1. The van der Waals surface area contributed by atoms with Crippen molar-refractivity contribution in [3.8, 4) is 22.8 Å². The van der Waals surface area contributed by atoms with E-state index in [0.29, 0.717) is 58.5 Å². The van der Waals surface area contributed by atoms with Crippen molar-refractivity contribution < 1.29 is 33.1 Å². The number of unbranched alkanes of at least 4 members (excludes halogenated alkanes) is 4. The van der Waals surface area contributed by atoms with Crippen LogP contribution in [0.15, 0.2) is 78.0 Å². The lowest BCUT2D eigenvalue weighted by Crippen LogP contribution is -2.54. The Hall–Kier alpha value is -6.16. The molecular formula is C43H43FN8O6S. The molecule has 2 unspecified atom stereocenters. The number of carbonyl (C=O) groups excluding carboxylic acids is 5. The van der Waals surface area contributed by atoms with E-state index >= 15 is 4.39 Å². The molecule has 2 saturated heterocycles. The van der Waals surface area contributed by atoms with Crippen LogP contribution in [0.25, 0.3) is 22.3 Å². The SMILES string of the molecule is Nc1ncnc2c1c(-c1ccc(Oc3ccccc3)cc1)nn2C1CCCN(C(=O)CCCCCCCSc2cc(F)c3c(c2)C(=O)N(C2CCC(=O)NC2=O)C3=O)C1. The fourth-order valence-electron chi connectivity index (χ4n) is 8.00. The number of nitrogens with zero attached hydrogens (tertiary/aromatic N) is 6. The van der Waals surface area contributed by atoms with Crippen LogP contribution in [0.5, 0.6) is 11.5 Å². The van der Waals surface area contributed by atoms with Crippen LogP contribution < -0.4 is 15.8 Å². The summed E-state index contributed by atoms with van der Waals surface area (Å²) >= 11 is 1.40. The number of carbonyl (C=O) groups is 5. The van der Waals surface area contributed by atoms with E-state index in [1.54, 1.807) is 0 Å². The number of rotatable bonds is 14. The van der Waals surface area contributed by atoms with Crippen LogP contribution in [-0.2, 0) is 14.4 Å². The molecule has 2 aromatic heterocycles. The maximum atomic E-state index is 15.1. The van der Waals surface area contributed by atoms with Crippen molar-refractivity contribution in [1.82, 2.24) is 34.9 Å². The van der Waals surface area contributed by atoms with Gasteiger partial charge in [0.2, 0.25) is 17.7 Å². The third-order valence-corrected chi connectivity index (χ3v) is 12.1. The molecule has 3 aromatic carbocycles. The van der Waals surface area contributed by atoms with E-state index in [9.17, 15) is 24.0 Å². The number of aromatic nitrogens is 4. The van der Waals surface area contributed by atoms with E-state index < -0.39 is 35.5 Å². The van der Waals surface area contributed by atoms with E-state index in [1.807, 2.05) is 64.2 Å². The smallest absolute Gasteiger partial charge is 0.265 e. The van der Waals surface area contributed by atoms with Gasteiger partial charge in [-0.05, 0) is 86.4 Å². The zero-order chi connectivity index (χ0) is 41.0. The predicted octanol–water partition coefficient (Wildman–Crippen LogP) is 6.70. The van der Waals surface area contributed by atoms with Crippen LogP contribution in [0.2, 0.25) is 0 Å². The molecule has 3 aliphatic rings. The van der Waals surface area contributed by atoms with Gasteiger partial charge in [0.15, 0.2) is 5.65 Å². The fourth-order valence-corrected chi connectivity index (χ4v) is 8.97. The van der Waals surface area contributed by atoms with Gasteiger partial charge >= 0.3 is 0 Å². The molecule has 3 aliphatic heterocycles. The second-order valence-electron chi connectivity index (χ2n) is 15.0. The Morgan fingerprint density at radius 2 is 1.68 bits per heavy atom. The number of hydrogen-bond donors (Lipinski definition) is 2. The number of nitrogens with two attached hydrogens (primary N) is 1. The van der Waals surface area contributed by atoms with Gasteiger partial charge in [-0.25, -0.2) is 19.0 Å². The molecule has 0 aliphatic carbocycles. The number of fused-ring (bicyclic) bond motifs is 2. The number of anilines is 1. The lowest BCUT2D eigenvalue weighted by Gasteiger charge is -2.33. The van der Waals surface area contributed by atoms with Gasteiger partial charge in [-0.1, -0.05) is 37.5 Å². The molecular weight excluding hydrogens is 776 g/mol. The molecule has 0 spiro atoms. The molecule has 0 radical (unpaired) electrons. The first kappa shape index (κ1) is 39.7. The Balaban J connectivity index is 0.799. The molecule has 5 amide bonds. The summed E-state index contributed by atoms with van der Waals surface area (Å²) < 4.78 is 23.0. The van der Waals surface area contributed by atoms with E-state index in [0.717, 1.165) is 61.2 Å². The van der Waals surface area contributed by atoms with Crippen LogP contribution in [-0.4, -0.2) is 84.0 Å². The van der Waals surface area contributed by atoms with Crippen molar-refractivity contribution in [2.45, 2.75) is 81.2 Å². The number of imide groups is 2. The van der Waals surface area contributed by atoms with Gasteiger partial charge in [-0.15, -0.1) is 11.8 Å². The van der Waals surface area contributed by atoms with Crippen molar-refractivity contribution in [1.29, 1.82) is 0 Å². The fraction of sp³-hybridized carbons (Fsp3) is 0.349. The van der Waals surface area contributed by atoms with Gasteiger partial charge in [-0.2, -0.15) is 5.10 Å².